The molecule has 0 fully saturated rings. The van der Waals surface area contributed by atoms with Crippen LogP contribution in [0.25, 0.3) is 68.7 Å². The molecule has 0 saturated heterocycles. The van der Waals surface area contributed by atoms with Gasteiger partial charge in [-0.25, -0.2) is 9.97 Å². The Morgan fingerprint density at radius 1 is 0.415 bits per heavy atom. The van der Waals surface area contributed by atoms with Crippen molar-refractivity contribution in [2.45, 2.75) is 0 Å². The van der Waals surface area contributed by atoms with Gasteiger partial charge in [0.1, 0.15) is 0 Å². The minimum absolute atomic E-state index is 0. The maximum absolute atomic E-state index is 5.46. The molecule has 0 amide bonds. The third-order valence-electron chi connectivity index (χ3n) is 10.3. The Balaban J connectivity index is 0.00000400. The van der Waals surface area contributed by atoms with Gasteiger partial charge in [-0.3, -0.25) is 0 Å². The van der Waals surface area contributed by atoms with Gasteiger partial charge >= 0.3 is 17.1 Å². The van der Waals surface area contributed by atoms with Gasteiger partial charge in [-0.1, -0.05) is 24.3 Å². The van der Waals surface area contributed by atoms with Crippen molar-refractivity contribution < 1.29 is 17.1 Å². The zero-order chi connectivity index (χ0) is 35.3. The summed E-state index contributed by atoms with van der Waals surface area (Å²) in [7, 11) is 8.46. The quantitative estimate of drug-likeness (QED) is 0.182. The van der Waals surface area contributed by atoms with Crippen LogP contribution in [0.3, 0.4) is 0 Å². The largest absolute Gasteiger partial charge is 3.00 e. The fraction of sp³-hybridized carbons (Fsp3) is 0.182. The number of nitrogens with one attached hydrogen (secondary N) is 2. The smallest absolute Gasteiger partial charge is 0.376 e. The molecule has 9 heterocycles. The van der Waals surface area contributed by atoms with E-state index in [0.717, 1.165) is 93.3 Å². The van der Waals surface area contributed by atoms with Crippen LogP contribution in [-0.2, 0) is 17.1 Å². The molecule has 53 heavy (non-hydrogen) atoms. The van der Waals surface area contributed by atoms with Gasteiger partial charge in [-0.05, 0) is 120 Å². The molecule has 8 bridgehead atoms. The second-order valence-corrected chi connectivity index (χ2v) is 14.3. The number of aromatic amines is 2. The summed E-state index contributed by atoms with van der Waals surface area (Å²) in [6.45, 7) is 3.13. The van der Waals surface area contributed by atoms with Gasteiger partial charge in [0.15, 0.2) is 0 Å². The Bertz CT molecular complexity index is 2160. The number of H-pyrrole nitrogens is 2. The van der Waals surface area contributed by atoms with Crippen LogP contribution < -0.4 is 0 Å². The van der Waals surface area contributed by atoms with E-state index < -0.39 is 0 Å². The van der Waals surface area contributed by atoms with Crippen molar-refractivity contribution in [1.29, 1.82) is 0 Å². The Morgan fingerprint density at radius 2 is 0.660 bits per heavy atom. The normalized spacial score (nSPS) is 17.6. The first-order valence-corrected chi connectivity index (χ1v) is 17.9. The molecule has 0 saturated carbocycles. The summed E-state index contributed by atoms with van der Waals surface area (Å²) in [5.41, 5.74) is 17.1. The summed E-state index contributed by atoms with van der Waals surface area (Å²) in [6, 6.07) is 8.84. The number of allylic oxidation sites excluding steroid dienone is 8. The maximum atomic E-state index is 5.46. The summed E-state index contributed by atoms with van der Waals surface area (Å²) in [5, 5.41) is 0. The molecule has 9 heteroatoms. The van der Waals surface area contributed by atoms with Crippen LogP contribution in [0.2, 0.25) is 0 Å². The second kappa shape index (κ2) is 14.0. The fourth-order valence-electron chi connectivity index (χ4n) is 7.93. The van der Waals surface area contributed by atoms with Crippen molar-refractivity contribution in [2.24, 2.45) is 0 Å². The molecule has 6 aliphatic heterocycles. The van der Waals surface area contributed by atoms with Gasteiger partial charge in [0, 0.05) is 98.7 Å². The topological polar surface area (TPSA) is 70.3 Å². The summed E-state index contributed by atoms with van der Waals surface area (Å²) in [4.78, 5) is 27.5. The van der Waals surface area contributed by atoms with Crippen molar-refractivity contribution in [3.05, 3.63) is 143 Å². The van der Waals surface area contributed by atoms with E-state index in [1.165, 1.54) is 22.3 Å². The molecule has 0 atom stereocenters. The predicted molar refractivity (Wildman–Crippen MR) is 218 cm³/mol. The number of hydrogen-bond acceptors (Lipinski definition) is 6. The third kappa shape index (κ3) is 6.47. The molecule has 3 aromatic rings. The number of nitrogens with zero attached hydrogens (tertiary/aromatic N) is 6. The van der Waals surface area contributed by atoms with Gasteiger partial charge in [-0.2, -0.15) is 0 Å². The van der Waals surface area contributed by atoms with Crippen LogP contribution in [0.15, 0.2) is 97.7 Å². The zero-order valence-electron chi connectivity index (χ0n) is 30.4. The molecule has 3 aromatic heterocycles. The molecular weight excluding hydrogens is 695 g/mol. The van der Waals surface area contributed by atoms with Gasteiger partial charge in [0.25, 0.3) is 0 Å². The van der Waals surface area contributed by atoms with Crippen molar-refractivity contribution >= 4 is 68.7 Å². The average Bonchev–Trinajstić information content (AvgIpc) is 3.96. The third-order valence-corrected chi connectivity index (χ3v) is 10.3. The number of aromatic nitrogens is 4. The number of hydrogen-bond donors (Lipinski definition) is 2. The Kier molecular flexibility index (Phi) is 9.06. The van der Waals surface area contributed by atoms with Crippen molar-refractivity contribution in [1.82, 2.24) is 39.5 Å². The summed E-state index contributed by atoms with van der Waals surface area (Å²) in [5.74, 6) is 0. The average molecular weight is 738 g/mol. The molecule has 0 aromatic carbocycles. The molecule has 6 aliphatic rings. The van der Waals surface area contributed by atoms with Crippen molar-refractivity contribution in [3.63, 3.8) is 0 Å². The molecule has 0 unspecified atom stereocenters. The fourth-order valence-corrected chi connectivity index (χ4v) is 7.93. The van der Waals surface area contributed by atoms with Gasteiger partial charge in [0.05, 0.1) is 22.8 Å². The molecule has 0 radical (unpaired) electrons. The van der Waals surface area contributed by atoms with E-state index in [1.54, 1.807) is 0 Å². The van der Waals surface area contributed by atoms with E-state index >= 15 is 0 Å². The van der Waals surface area contributed by atoms with E-state index in [-0.39, 0.29) is 17.1 Å². The zero-order valence-corrected chi connectivity index (χ0v) is 31.6. The minimum Gasteiger partial charge on any atom is -0.376 e. The Hall–Kier alpha value is -5.76. The minimum atomic E-state index is 0. The monoisotopic (exact) mass is 737 g/mol. The number of likely N-dealkylation sites (N-methyl/N-ethyl adjacent to an activating group) is 4. The van der Waals surface area contributed by atoms with Crippen molar-refractivity contribution in [2.75, 3.05) is 54.4 Å². The van der Waals surface area contributed by atoms with Crippen LogP contribution in [0.5, 0.6) is 0 Å². The van der Waals surface area contributed by atoms with E-state index in [4.69, 9.17) is 9.97 Å². The van der Waals surface area contributed by atoms with Gasteiger partial charge < -0.3 is 29.6 Å². The molecule has 9 rings (SSSR count). The molecule has 0 aliphatic carbocycles. The summed E-state index contributed by atoms with van der Waals surface area (Å²) in [6.07, 6.45) is 34.6. The number of fused-ring (bicyclic) bond motifs is 8. The van der Waals surface area contributed by atoms with Crippen molar-refractivity contribution in [3.8, 4) is 0 Å². The molecule has 2 N–H and O–H groups in total. The first-order valence-electron chi connectivity index (χ1n) is 17.9. The van der Waals surface area contributed by atoms with E-state index in [0.29, 0.717) is 0 Å². The van der Waals surface area contributed by atoms with Crippen LogP contribution in [0.4, 0.5) is 0 Å². The van der Waals surface area contributed by atoms with E-state index in [2.05, 4.69) is 180 Å². The van der Waals surface area contributed by atoms with Gasteiger partial charge in [0.2, 0.25) is 0 Å². The summed E-state index contributed by atoms with van der Waals surface area (Å²) < 4.78 is 0. The molecule has 0 spiro atoms. The van der Waals surface area contributed by atoms with E-state index in [9.17, 15) is 0 Å². The van der Waals surface area contributed by atoms with Crippen LogP contribution >= 0.6 is 0 Å². The standard InChI is InChI=1S/C44H42N8.Mn/c1-49-21-5-9-29(25-49)41-33-13-15-35(45-33)42(30-10-6-22-50(2)26-30)37-17-19-39(47-37)44(32-12-8-24-52(4)28-32)40-20-18-38(48-40)43(36-16-14-34(41)46-36)31-11-7-23-51(3)27-31;/h5-24,45,48H,25-28H2,1-4H3;/q;+3. The van der Waals surface area contributed by atoms with Gasteiger partial charge in [-0.15, -0.1) is 0 Å². The molecule has 262 valence electrons. The Morgan fingerprint density at radius 3 is 0.887 bits per heavy atom. The first-order chi connectivity index (χ1) is 25.4. The van der Waals surface area contributed by atoms with Crippen LogP contribution in [0, 0.1) is 0 Å². The van der Waals surface area contributed by atoms with Crippen LogP contribution in [-0.4, -0.2) is 93.9 Å². The number of rotatable bonds is 4. The molecular formula is C44H42MnN8+3. The first kappa shape index (κ1) is 34.3. The van der Waals surface area contributed by atoms with E-state index in [1.807, 2.05) is 0 Å². The second-order valence-electron chi connectivity index (χ2n) is 14.3. The SMILES string of the molecule is CN1C=CC=C(c2c3nc(c(C4=CC=CN(C)C4)c4ccc([nH]4)c(C4=CC=CN(C)C4)c4nc(c(C5=CC=CN(C)C5)c5ccc2[nH]5)C=C4)C=C3)C1.[Mn+3]. The molecule has 8 nitrogen and oxygen atoms in total. The maximum Gasteiger partial charge on any atom is 3.00 e. The Labute approximate surface area is 321 Å². The van der Waals surface area contributed by atoms with Crippen LogP contribution in [0.1, 0.15) is 45.0 Å². The predicted octanol–water partition coefficient (Wildman–Crippen LogP) is 8.02. The summed E-state index contributed by atoms with van der Waals surface area (Å²) >= 11 is 0.